The summed E-state index contributed by atoms with van der Waals surface area (Å²) in [6.45, 7) is 2.20. The SMILES string of the molecule is CCc1cccc(OC[C@H](O)Cn2c(NC)nc3c2c(=O)[nH]c(=O)n3C)c1. The minimum atomic E-state index is -0.878. The molecule has 0 saturated heterocycles. The predicted octanol–water partition coefficient (Wildman–Crippen LogP) is 0.467. The average Bonchev–Trinajstić information content (AvgIpc) is 3.03. The van der Waals surface area contributed by atoms with E-state index in [1.165, 1.54) is 11.6 Å². The summed E-state index contributed by atoms with van der Waals surface area (Å²) < 4.78 is 8.48. The van der Waals surface area contributed by atoms with Crippen molar-refractivity contribution in [1.29, 1.82) is 0 Å². The standard InChI is InChI=1S/C18H23N5O4/c1-4-11-6-5-7-13(8-11)27-10-12(24)9-23-14-15(20-17(23)19-2)22(3)18(26)21-16(14)25/h5-8,12,24H,4,9-10H2,1-3H3,(H,19,20)(H,21,25,26)/t12-/m1/s1. The summed E-state index contributed by atoms with van der Waals surface area (Å²) in [4.78, 5) is 30.6. The van der Waals surface area contributed by atoms with Gasteiger partial charge in [-0.25, -0.2) is 4.79 Å². The second-order valence-corrected chi connectivity index (χ2v) is 6.25. The molecule has 0 aliphatic heterocycles. The molecule has 2 heterocycles. The van der Waals surface area contributed by atoms with Gasteiger partial charge in [-0.1, -0.05) is 19.1 Å². The first-order valence-electron chi connectivity index (χ1n) is 8.71. The highest BCUT2D eigenvalue weighted by atomic mass is 16.5. The molecule has 3 rings (SSSR count). The molecule has 27 heavy (non-hydrogen) atoms. The number of imidazole rings is 1. The Morgan fingerprint density at radius 3 is 2.85 bits per heavy atom. The topological polar surface area (TPSA) is 114 Å². The van der Waals surface area contributed by atoms with Crippen LogP contribution >= 0.6 is 0 Å². The number of anilines is 1. The first kappa shape index (κ1) is 18.7. The van der Waals surface area contributed by atoms with Gasteiger partial charge < -0.3 is 19.7 Å². The normalized spacial score (nSPS) is 12.3. The van der Waals surface area contributed by atoms with E-state index in [-0.39, 0.29) is 24.3 Å². The Kier molecular flexibility index (Phi) is 5.31. The maximum atomic E-state index is 12.3. The number of aliphatic hydroxyl groups excluding tert-OH is 1. The number of H-pyrrole nitrogens is 1. The fourth-order valence-electron chi connectivity index (χ4n) is 2.91. The molecule has 0 aliphatic rings. The summed E-state index contributed by atoms with van der Waals surface area (Å²) in [7, 11) is 3.18. The van der Waals surface area contributed by atoms with Crippen LogP contribution < -0.4 is 21.3 Å². The number of hydrogen-bond donors (Lipinski definition) is 3. The number of nitrogens with one attached hydrogen (secondary N) is 2. The van der Waals surface area contributed by atoms with Crippen LogP contribution in [0.2, 0.25) is 0 Å². The van der Waals surface area contributed by atoms with Gasteiger partial charge in [-0.3, -0.25) is 14.3 Å². The van der Waals surface area contributed by atoms with Crippen LogP contribution in [-0.2, 0) is 20.0 Å². The van der Waals surface area contributed by atoms with Gasteiger partial charge in [0.05, 0.1) is 6.54 Å². The molecule has 0 amide bonds. The summed E-state index contributed by atoms with van der Waals surface area (Å²) in [5.41, 5.74) is 0.517. The molecule has 144 valence electrons. The fourth-order valence-corrected chi connectivity index (χ4v) is 2.91. The molecule has 0 bridgehead atoms. The Hall–Kier alpha value is -3.07. The van der Waals surface area contributed by atoms with Gasteiger partial charge in [0.25, 0.3) is 5.56 Å². The third kappa shape index (κ3) is 3.72. The monoisotopic (exact) mass is 373 g/mol. The van der Waals surface area contributed by atoms with Crippen LogP contribution in [0.3, 0.4) is 0 Å². The van der Waals surface area contributed by atoms with Gasteiger partial charge in [-0.05, 0) is 24.1 Å². The Balaban J connectivity index is 1.84. The number of aliphatic hydroxyl groups is 1. The third-order valence-corrected chi connectivity index (χ3v) is 4.37. The van der Waals surface area contributed by atoms with Gasteiger partial charge in [0.2, 0.25) is 5.95 Å². The van der Waals surface area contributed by atoms with Gasteiger partial charge >= 0.3 is 5.69 Å². The van der Waals surface area contributed by atoms with Crippen molar-refractivity contribution in [3.8, 4) is 5.75 Å². The number of aromatic amines is 1. The zero-order valence-electron chi connectivity index (χ0n) is 15.5. The molecule has 3 aromatic rings. The maximum Gasteiger partial charge on any atom is 0.329 e. The summed E-state index contributed by atoms with van der Waals surface area (Å²) in [5.74, 6) is 1.06. The lowest BCUT2D eigenvalue weighted by atomic mass is 10.2. The second kappa shape index (κ2) is 7.67. The minimum absolute atomic E-state index is 0.0552. The largest absolute Gasteiger partial charge is 0.491 e. The number of ether oxygens (including phenoxy) is 1. The van der Waals surface area contributed by atoms with Gasteiger partial charge in [0, 0.05) is 14.1 Å². The second-order valence-electron chi connectivity index (χ2n) is 6.25. The lowest BCUT2D eigenvalue weighted by molar-refractivity contribution is 0.0938. The molecule has 1 aromatic carbocycles. The van der Waals surface area contributed by atoms with Crippen LogP contribution in [0.4, 0.5) is 5.95 Å². The van der Waals surface area contributed by atoms with Crippen molar-refractivity contribution in [2.75, 3.05) is 19.0 Å². The molecule has 0 unspecified atom stereocenters. The van der Waals surface area contributed by atoms with E-state index in [1.807, 2.05) is 24.3 Å². The molecular weight excluding hydrogens is 350 g/mol. The highest BCUT2D eigenvalue weighted by Gasteiger charge is 2.19. The molecule has 1 atom stereocenters. The summed E-state index contributed by atoms with van der Waals surface area (Å²) in [5, 5.41) is 13.3. The quantitative estimate of drug-likeness (QED) is 0.555. The predicted molar refractivity (Wildman–Crippen MR) is 102 cm³/mol. The zero-order valence-corrected chi connectivity index (χ0v) is 15.5. The summed E-state index contributed by atoms with van der Waals surface area (Å²) in [6.07, 6.45) is 0.0183. The molecule has 0 aliphatic carbocycles. The van der Waals surface area contributed by atoms with E-state index in [0.717, 1.165) is 12.0 Å². The van der Waals surface area contributed by atoms with Crippen molar-refractivity contribution in [3.05, 3.63) is 50.7 Å². The maximum absolute atomic E-state index is 12.3. The van der Waals surface area contributed by atoms with Crippen molar-refractivity contribution >= 4 is 17.1 Å². The van der Waals surface area contributed by atoms with Gasteiger partial charge in [-0.15, -0.1) is 0 Å². The molecule has 0 fully saturated rings. The van der Waals surface area contributed by atoms with Crippen LogP contribution in [0, 0.1) is 0 Å². The number of aryl methyl sites for hydroxylation is 2. The first-order chi connectivity index (χ1) is 12.9. The Morgan fingerprint density at radius 2 is 2.15 bits per heavy atom. The van der Waals surface area contributed by atoms with E-state index in [4.69, 9.17) is 4.74 Å². The lowest BCUT2D eigenvalue weighted by Crippen LogP contribution is -2.30. The minimum Gasteiger partial charge on any atom is -0.491 e. The molecule has 9 nitrogen and oxygen atoms in total. The molecular formula is C18H23N5O4. The Labute approximate surface area is 155 Å². The molecule has 0 saturated carbocycles. The highest BCUT2D eigenvalue weighted by molar-refractivity contribution is 5.74. The molecule has 0 spiro atoms. The molecule has 9 heteroatoms. The smallest absolute Gasteiger partial charge is 0.329 e. The van der Waals surface area contributed by atoms with Crippen LogP contribution in [0.25, 0.3) is 11.2 Å². The van der Waals surface area contributed by atoms with Gasteiger partial charge in [0.1, 0.15) is 18.5 Å². The van der Waals surface area contributed by atoms with E-state index in [2.05, 4.69) is 22.2 Å². The van der Waals surface area contributed by atoms with Crippen molar-refractivity contribution in [3.63, 3.8) is 0 Å². The number of fused-ring (bicyclic) bond motifs is 1. The van der Waals surface area contributed by atoms with Crippen molar-refractivity contribution < 1.29 is 9.84 Å². The van der Waals surface area contributed by atoms with Crippen molar-refractivity contribution in [2.45, 2.75) is 26.0 Å². The average molecular weight is 373 g/mol. The highest BCUT2D eigenvalue weighted by Crippen LogP contribution is 2.17. The number of nitrogens with zero attached hydrogens (tertiary/aromatic N) is 3. The van der Waals surface area contributed by atoms with E-state index >= 15 is 0 Å². The fraction of sp³-hybridized carbons (Fsp3) is 0.389. The van der Waals surface area contributed by atoms with Crippen LogP contribution in [0.15, 0.2) is 33.9 Å². The number of benzene rings is 1. The van der Waals surface area contributed by atoms with Gasteiger partial charge in [0.15, 0.2) is 11.2 Å². The third-order valence-electron chi connectivity index (χ3n) is 4.37. The van der Waals surface area contributed by atoms with E-state index in [1.54, 1.807) is 11.6 Å². The molecule has 3 N–H and O–H groups in total. The first-order valence-corrected chi connectivity index (χ1v) is 8.71. The summed E-state index contributed by atoms with van der Waals surface area (Å²) in [6, 6.07) is 7.68. The van der Waals surface area contributed by atoms with E-state index in [9.17, 15) is 14.7 Å². The van der Waals surface area contributed by atoms with Crippen molar-refractivity contribution in [2.24, 2.45) is 7.05 Å². The number of aromatic nitrogens is 4. The molecule has 2 aromatic heterocycles. The number of hydrogen-bond acceptors (Lipinski definition) is 6. The van der Waals surface area contributed by atoms with Crippen LogP contribution in [0.1, 0.15) is 12.5 Å². The van der Waals surface area contributed by atoms with Crippen LogP contribution in [-0.4, -0.2) is 44.0 Å². The van der Waals surface area contributed by atoms with Crippen molar-refractivity contribution in [1.82, 2.24) is 19.1 Å². The van der Waals surface area contributed by atoms with Gasteiger partial charge in [-0.2, -0.15) is 4.98 Å². The molecule has 0 radical (unpaired) electrons. The van der Waals surface area contributed by atoms with E-state index in [0.29, 0.717) is 11.7 Å². The lowest BCUT2D eigenvalue weighted by Gasteiger charge is -2.15. The van der Waals surface area contributed by atoms with E-state index < -0.39 is 17.4 Å². The Morgan fingerprint density at radius 1 is 1.37 bits per heavy atom. The number of rotatable bonds is 7. The van der Waals surface area contributed by atoms with Crippen LogP contribution in [0.5, 0.6) is 5.75 Å². The Bertz CT molecular complexity index is 1070. The zero-order chi connectivity index (χ0) is 19.6. The summed E-state index contributed by atoms with van der Waals surface area (Å²) >= 11 is 0.